The van der Waals surface area contributed by atoms with Gasteiger partial charge < -0.3 is 47.8 Å². The zero-order chi connectivity index (χ0) is 37.8. The van der Waals surface area contributed by atoms with Gasteiger partial charge in [0.1, 0.15) is 17.9 Å². The predicted molar refractivity (Wildman–Crippen MR) is 149 cm³/mol. The molecule has 0 saturated heterocycles. The lowest BCUT2D eigenvalue weighted by atomic mass is 10.1. The zero-order valence-electron chi connectivity index (χ0n) is 24.5. The molecule has 0 radical (unpaired) electrons. The Kier molecular flexibility index (Phi) is 19.8. The van der Waals surface area contributed by atoms with Crippen molar-refractivity contribution in [3.8, 4) is 0 Å². The van der Waals surface area contributed by atoms with Crippen LogP contribution in [0.4, 0.5) is 32.0 Å². The van der Waals surface area contributed by atoms with Gasteiger partial charge in [-0.25, -0.2) is 14.4 Å². The van der Waals surface area contributed by atoms with Crippen molar-refractivity contribution >= 4 is 53.1 Å². The summed E-state index contributed by atoms with van der Waals surface area (Å²) in [4.78, 5) is 77.0. The number of alkyl halides is 6. The molecule has 12 N–H and O–H groups in total. The monoisotopic (exact) mass is 706 g/mol. The van der Waals surface area contributed by atoms with Gasteiger partial charge in [-0.05, 0) is 50.1 Å². The summed E-state index contributed by atoms with van der Waals surface area (Å²) in [6, 6.07) is 3.39. The molecule has 2 atom stereocenters. The molecule has 0 heterocycles. The number of unbranched alkanes of at least 4 members (excludes halogenated alkanes) is 1. The van der Waals surface area contributed by atoms with E-state index in [1.54, 1.807) is 12.1 Å². The number of nitrogen functional groups attached to an aromatic ring is 1. The Labute approximate surface area is 266 Å². The number of hydrogen-bond acceptors (Lipinski definition) is 9. The van der Waals surface area contributed by atoms with Crippen LogP contribution < -0.4 is 27.4 Å². The van der Waals surface area contributed by atoms with Crippen molar-refractivity contribution in [2.24, 2.45) is 11.5 Å². The Morgan fingerprint density at radius 2 is 1.21 bits per heavy atom. The van der Waals surface area contributed by atoms with E-state index in [1.807, 2.05) is 0 Å². The predicted octanol–water partition coefficient (Wildman–Crippen LogP) is 0.614. The van der Waals surface area contributed by atoms with Gasteiger partial charge in [-0.2, -0.15) is 26.3 Å². The number of carboxylic acids is 4. The third-order valence-corrected chi connectivity index (χ3v) is 5.14. The molecule has 3 amide bonds. The third kappa shape index (κ3) is 21.3. The van der Waals surface area contributed by atoms with Gasteiger partial charge in [-0.1, -0.05) is 0 Å². The summed E-state index contributed by atoms with van der Waals surface area (Å²) in [7, 11) is 0. The molecule has 1 aromatic rings. The molecule has 0 aliphatic rings. The first-order valence-corrected chi connectivity index (χ1v) is 13.0. The highest BCUT2D eigenvalue weighted by Crippen LogP contribution is 2.14. The first kappa shape index (κ1) is 44.6. The van der Waals surface area contributed by atoms with Gasteiger partial charge in [0, 0.05) is 24.1 Å². The third-order valence-electron chi connectivity index (χ3n) is 5.14. The molecule has 0 saturated carbocycles. The fraction of sp³-hybridized carbons (Fsp3) is 0.440. The molecule has 0 unspecified atom stereocenters. The number of amides is 3. The van der Waals surface area contributed by atoms with Crippen LogP contribution >= 0.6 is 0 Å². The Morgan fingerprint density at radius 3 is 1.58 bits per heavy atom. The number of aliphatic carboxylic acids is 4. The molecule has 1 rings (SSSR count). The molecule has 270 valence electrons. The van der Waals surface area contributed by atoms with Crippen molar-refractivity contribution in [3.63, 3.8) is 0 Å². The molecular formula is C25H32F6N6O11. The van der Waals surface area contributed by atoms with Crippen LogP contribution in [0.25, 0.3) is 0 Å². The first-order valence-electron chi connectivity index (χ1n) is 13.0. The average Bonchev–Trinajstić information content (AvgIpc) is 2.94. The summed E-state index contributed by atoms with van der Waals surface area (Å²) < 4.78 is 63.5. The lowest BCUT2D eigenvalue weighted by Crippen LogP contribution is -2.52. The summed E-state index contributed by atoms with van der Waals surface area (Å²) in [5, 5.41) is 46.9. The van der Waals surface area contributed by atoms with E-state index in [0.29, 0.717) is 30.6 Å². The van der Waals surface area contributed by atoms with Gasteiger partial charge in [0.05, 0.1) is 6.42 Å². The molecule has 48 heavy (non-hydrogen) atoms. The van der Waals surface area contributed by atoms with Crippen LogP contribution in [0.3, 0.4) is 0 Å². The van der Waals surface area contributed by atoms with Gasteiger partial charge in [0.15, 0.2) is 0 Å². The number of anilines is 1. The molecule has 0 fully saturated rings. The quantitative estimate of drug-likeness (QED) is 0.0518. The van der Waals surface area contributed by atoms with Crippen LogP contribution in [-0.2, 0) is 33.6 Å². The topological polar surface area (TPSA) is 312 Å². The van der Waals surface area contributed by atoms with E-state index >= 15 is 0 Å². The highest BCUT2D eigenvalue weighted by Gasteiger charge is 2.39. The number of halogens is 6. The second-order valence-corrected chi connectivity index (χ2v) is 9.05. The minimum absolute atomic E-state index is 0.0968. The highest BCUT2D eigenvalue weighted by atomic mass is 19.4. The number of carboxylic acid groups (broad SMARTS) is 4. The fourth-order valence-corrected chi connectivity index (χ4v) is 2.86. The average molecular weight is 707 g/mol. The lowest BCUT2D eigenvalue weighted by Gasteiger charge is -2.20. The number of carbonyl (C=O) groups is 7. The van der Waals surface area contributed by atoms with Crippen molar-refractivity contribution in [1.29, 1.82) is 5.41 Å². The SMILES string of the molecule is N=C(N)c1ccc(NC(=O)CCC(=O)N[C@@H](CC(=O)O)C(=O)N[C@@H](CCCCN)C(=O)O)cc1.O=C(O)C(F)(F)F.O=C(O)C(F)(F)F. The van der Waals surface area contributed by atoms with E-state index in [0.717, 1.165) is 0 Å². The van der Waals surface area contributed by atoms with Gasteiger partial charge in [0.2, 0.25) is 17.7 Å². The molecule has 23 heteroatoms. The Balaban J connectivity index is 0. The number of nitrogens with two attached hydrogens (primary N) is 2. The number of amidine groups is 1. The van der Waals surface area contributed by atoms with Crippen molar-refractivity contribution in [1.82, 2.24) is 10.6 Å². The van der Waals surface area contributed by atoms with Crippen LogP contribution in [-0.4, -0.2) is 98.8 Å². The van der Waals surface area contributed by atoms with E-state index in [4.69, 9.17) is 41.8 Å². The number of nitrogens with one attached hydrogen (secondary N) is 4. The molecule has 17 nitrogen and oxygen atoms in total. The van der Waals surface area contributed by atoms with Crippen molar-refractivity contribution in [3.05, 3.63) is 29.8 Å². The maximum Gasteiger partial charge on any atom is 0.490 e. The van der Waals surface area contributed by atoms with Crippen LogP contribution in [0.15, 0.2) is 24.3 Å². The summed E-state index contributed by atoms with van der Waals surface area (Å²) in [5.74, 6) is -10.5. The summed E-state index contributed by atoms with van der Waals surface area (Å²) in [5.41, 5.74) is 11.6. The second-order valence-electron chi connectivity index (χ2n) is 9.05. The number of rotatable bonds is 15. The van der Waals surface area contributed by atoms with Crippen molar-refractivity contribution < 1.29 is 80.3 Å². The Morgan fingerprint density at radius 1 is 0.750 bits per heavy atom. The number of hydrogen-bond donors (Lipinski definition) is 10. The second kappa shape index (κ2) is 21.3. The van der Waals surface area contributed by atoms with E-state index in [9.17, 15) is 55.4 Å². The maximum absolute atomic E-state index is 12.4. The zero-order valence-corrected chi connectivity index (χ0v) is 24.5. The van der Waals surface area contributed by atoms with Crippen molar-refractivity contribution in [2.75, 3.05) is 11.9 Å². The minimum atomic E-state index is -5.08. The molecule has 0 spiro atoms. The summed E-state index contributed by atoms with van der Waals surface area (Å²) >= 11 is 0. The molecule has 1 aromatic carbocycles. The van der Waals surface area contributed by atoms with Gasteiger partial charge in [0.25, 0.3) is 0 Å². The Hall–Kier alpha value is -5.48. The van der Waals surface area contributed by atoms with Crippen LogP contribution in [0.5, 0.6) is 0 Å². The van der Waals surface area contributed by atoms with E-state index < -0.39 is 72.5 Å². The lowest BCUT2D eigenvalue weighted by molar-refractivity contribution is -0.193. The van der Waals surface area contributed by atoms with Gasteiger partial charge in [-0.15, -0.1) is 0 Å². The van der Waals surface area contributed by atoms with E-state index in [-0.39, 0.29) is 25.1 Å². The van der Waals surface area contributed by atoms with Crippen molar-refractivity contribution in [2.45, 2.75) is 63.0 Å². The molecule has 0 bridgehead atoms. The van der Waals surface area contributed by atoms with Crippen LogP contribution in [0.1, 0.15) is 44.1 Å². The van der Waals surface area contributed by atoms with Crippen LogP contribution in [0.2, 0.25) is 0 Å². The normalized spacial score (nSPS) is 11.9. The highest BCUT2D eigenvalue weighted by molar-refractivity contribution is 5.97. The van der Waals surface area contributed by atoms with E-state index in [1.165, 1.54) is 12.1 Å². The smallest absolute Gasteiger partial charge is 0.481 e. The van der Waals surface area contributed by atoms with Gasteiger partial charge in [-0.3, -0.25) is 24.6 Å². The van der Waals surface area contributed by atoms with E-state index in [2.05, 4.69) is 16.0 Å². The standard InChI is InChI=1S/C21H30N6O7.2C2HF3O2/c22-10-2-1-3-14(21(33)34)27-20(32)15(11-18(30)31)26-17(29)9-8-16(28)25-13-6-4-12(5-7-13)19(23)24;2*3-2(4,5)1(6)7/h4-7,14-15H,1-3,8-11,22H2,(H3,23,24)(H,25,28)(H,26,29)(H,27,32)(H,30,31)(H,33,34);2*(H,6,7)/t14-,15-;;/m0../s1. The molecule has 0 aliphatic carbocycles. The van der Waals surface area contributed by atoms with Crippen LogP contribution in [0, 0.1) is 5.41 Å². The maximum atomic E-state index is 12.4. The number of carbonyl (C=O) groups excluding carboxylic acids is 3. The molecule has 0 aromatic heterocycles. The Bertz CT molecular complexity index is 1270. The molecule has 0 aliphatic heterocycles. The largest absolute Gasteiger partial charge is 0.490 e. The number of benzene rings is 1. The fourth-order valence-electron chi connectivity index (χ4n) is 2.86. The summed E-state index contributed by atoms with van der Waals surface area (Å²) in [6.45, 7) is 0.356. The summed E-state index contributed by atoms with van der Waals surface area (Å²) in [6.07, 6.45) is -10.4. The molecular weight excluding hydrogens is 674 g/mol. The van der Waals surface area contributed by atoms with Gasteiger partial charge >= 0.3 is 36.2 Å². The minimum Gasteiger partial charge on any atom is -0.481 e. The first-order chi connectivity index (χ1) is 21.9.